The van der Waals surface area contributed by atoms with E-state index >= 15 is 0 Å². The standard InChI is InChI=1S/C14H26N2/c1-10(15-2)9-16-14-6-11-3-12(7-14)5-13(4-11)8-14/h10-13,15-16H,3-9H2,1-2H3. The molecule has 4 fully saturated rings. The average Bonchev–Trinajstić information content (AvgIpc) is 2.24. The van der Waals surface area contributed by atoms with E-state index in [9.17, 15) is 0 Å². The first-order chi connectivity index (χ1) is 7.69. The summed E-state index contributed by atoms with van der Waals surface area (Å²) in [5.41, 5.74) is 0.542. The molecule has 1 unspecified atom stereocenters. The van der Waals surface area contributed by atoms with Crippen molar-refractivity contribution >= 4 is 0 Å². The summed E-state index contributed by atoms with van der Waals surface area (Å²) in [6.45, 7) is 3.41. The highest BCUT2D eigenvalue weighted by molar-refractivity contribution is 5.06. The van der Waals surface area contributed by atoms with Crippen molar-refractivity contribution in [3.8, 4) is 0 Å². The maximum atomic E-state index is 3.92. The zero-order valence-electron chi connectivity index (χ0n) is 10.8. The fourth-order valence-electron chi connectivity index (χ4n) is 4.80. The molecule has 16 heavy (non-hydrogen) atoms. The molecule has 4 aliphatic rings. The number of rotatable bonds is 4. The van der Waals surface area contributed by atoms with Gasteiger partial charge in [0.15, 0.2) is 0 Å². The van der Waals surface area contributed by atoms with Gasteiger partial charge in [-0.05, 0) is 70.3 Å². The minimum absolute atomic E-state index is 0.542. The van der Waals surface area contributed by atoms with Gasteiger partial charge in [0.2, 0.25) is 0 Å². The van der Waals surface area contributed by atoms with Gasteiger partial charge in [0.1, 0.15) is 0 Å². The Labute approximate surface area is 99.6 Å². The summed E-state index contributed by atoms with van der Waals surface area (Å²) in [6.07, 6.45) is 9.04. The van der Waals surface area contributed by atoms with Crippen molar-refractivity contribution < 1.29 is 0 Å². The van der Waals surface area contributed by atoms with Crippen molar-refractivity contribution in [1.29, 1.82) is 0 Å². The van der Waals surface area contributed by atoms with Crippen LogP contribution in [-0.2, 0) is 0 Å². The lowest BCUT2D eigenvalue weighted by atomic mass is 9.53. The molecule has 0 saturated heterocycles. The van der Waals surface area contributed by atoms with Gasteiger partial charge in [-0.15, -0.1) is 0 Å². The molecule has 0 aromatic heterocycles. The smallest absolute Gasteiger partial charge is 0.0190 e. The van der Waals surface area contributed by atoms with Crippen LogP contribution in [-0.4, -0.2) is 25.2 Å². The lowest BCUT2D eigenvalue weighted by Crippen LogP contribution is -2.60. The Bertz CT molecular complexity index is 226. The van der Waals surface area contributed by atoms with Gasteiger partial charge in [0.25, 0.3) is 0 Å². The molecule has 0 spiro atoms. The molecule has 4 rings (SSSR count). The van der Waals surface area contributed by atoms with Crippen molar-refractivity contribution in [2.45, 2.75) is 57.0 Å². The van der Waals surface area contributed by atoms with Crippen LogP contribution in [0, 0.1) is 17.8 Å². The largest absolute Gasteiger partial charge is 0.316 e. The Morgan fingerprint density at radius 1 is 1.06 bits per heavy atom. The van der Waals surface area contributed by atoms with Crippen LogP contribution in [0.4, 0.5) is 0 Å². The second-order valence-electron chi connectivity index (χ2n) is 6.77. The van der Waals surface area contributed by atoms with E-state index in [0.717, 1.165) is 24.3 Å². The van der Waals surface area contributed by atoms with Crippen LogP contribution in [0.3, 0.4) is 0 Å². The predicted molar refractivity (Wildman–Crippen MR) is 67.4 cm³/mol. The molecular formula is C14H26N2. The Morgan fingerprint density at radius 2 is 1.56 bits per heavy atom. The van der Waals surface area contributed by atoms with Gasteiger partial charge < -0.3 is 10.6 Å². The highest BCUT2D eigenvalue weighted by Crippen LogP contribution is 2.55. The summed E-state index contributed by atoms with van der Waals surface area (Å²) in [6, 6.07) is 0.605. The predicted octanol–water partition coefficient (Wildman–Crippen LogP) is 2.15. The van der Waals surface area contributed by atoms with E-state index in [0.29, 0.717) is 11.6 Å². The highest BCUT2D eigenvalue weighted by atomic mass is 15.0. The van der Waals surface area contributed by atoms with Crippen LogP contribution >= 0.6 is 0 Å². The summed E-state index contributed by atoms with van der Waals surface area (Å²) in [7, 11) is 2.06. The summed E-state index contributed by atoms with van der Waals surface area (Å²) < 4.78 is 0. The molecule has 0 aliphatic heterocycles. The fraction of sp³-hybridized carbons (Fsp3) is 1.00. The normalized spacial score (nSPS) is 47.2. The third-order valence-electron chi connectivity index (χ3n) is 5.31. The molecule has 0 amide bonds. The van der Waals surface area contributed by atoms with E-state index in [4.69, 9.17) is 0 Å². The Hall–Kier alpha value is -0.0800. The van der Waals surface area contributed by atoms with Gasteiger partial charge in [0, 0.05) is 18.1 Å². The van der Waals surface area contributed by atoms with Crippen LogP contribution in [0.25, 0.3) is 0 Å². The van der Waals surface area contributed by atoms with E-state index in [1.807, 2.05) is 0 Å². The summed E-state index contributed by atoms with van der Waals surface area (Å²) in [4.78, 5) is 0. The molecule has 0 heterocycles. The van der Waals surface area contributed by atoms with E-state index < -0.39 is 0 Å². The third kappa shape index (κ3) is 1.91. The van der Waals surface area contributed by atoms with Gasteiger partial charge in [0.05, 0.1) is 0 Å². The molecule has 92 valence electrons. The average molecular weight is 222 g/mol. The molecule has 0 aromatic rings. The third-order valence-corrected chi connectivity index (χ3v) is 5.31. The summed E-state index contributed by atoms with van der Waals surface area (Å²) in [5.74, 6) is 3.18. The van der Waals surface area contributed by atoms with Crippen molar-refractivity contribution in [1.82, 2.24) is 10.6 Å². The fourth-order valence-corrected chi connectivity index (χ4v) is 4.80. The number of hydrogen-bond donors (Lipinski definition) is 2. The number of nitrogens with one attached hydrogen (secondary N) is 2. The second kappa shape index (κ2) is 3.99. The van der Waals surface area contributed by atoms with Crippen LogP contribution in [0.1, 0.15) is 45.4 Å². The first-order valence-electron chi connectivity index (χ1n) is 7.11. The minimum atomic E-state index is 0.542. The molecule has 0 radical (unpaired) electrons. The van der Waals surface area contributed by atoms with E-state index in [1.54, 1.807) is 19.3 Å². The topological polar surface area (TPSA) is 24.1 Å². The Balaban J connectivity index is 1.64. The first-order valence-corrected chi connectivity index (χ1v) is 7.11. The van der Waals surface area contributed by atoms with Gasteiger partial charge in [-0.3, -0.25) is 0 Å². The van der Waals surface area contributed by atoms with Crippen LogP contribution in [0.2, 0.25) is 0 Å². The van der Waals surface area contributed by atoms with Gasteiger partial charge in [-0.1, -0.05) is 0 Å². The second-order valence-corrected chi connectivity index (χ2v) is 6.77. The Morgan fingerprint density at radius 3 is 2.00 bits per heavy atom. The SMILES string of the molecule is CNC(C)CNC12CC3CC(CC(C3)C1)C2. The van der Waals surface area contributed by atoms with E-state index in [-0.39, 0.29) is 0 Å². The summed E-state index contributed by atoms with van der Waals surface area (Å²) in [5, 5.41) is 7.25. The molecule has 4 bridgehead atoms. The lowest BCUT2D eigenvalue weighted by molar-refractivity contribution is -0.0202. The Kier molecular flexibility index (Phi) is 2.75. The van der Waals surface area contributed by atoms with Crippen LogP contribution < -0.4 is 10.6 Å². The van der Waals surface area contributed by atoms with Crippen LogP contribution in [0.5, 0.6) is 0 Å². The molecule has 4 aliphatic carbocycles. The molecule has 1 atom stereocenters. The number of hydrogen-bond acceptors (Lipinski definition) is 2. The zero-order chi connectivity index (χ0) is 11.2. The summed E-state index contributed by atoms with van der Waals surface area (Å²) >= 11 is 0. The van der Waals surface area contributed by atoms with Gasteiger partial charge >= 0.3 is 0 Å². The van der Waals surface area contributed by atoms with Gasteiger partial charge in [-0.25, -0.2) is 0 Å². The lowest BCUT2D eigenvalue weighted by Gasteiger charge is -2.57. The number of likely N-dealkylation sites (N-methyl/N-ethyl adjacent to an activating group) is 1. The highest BCUT2D eigenvalue weighted by Gasteiger charge is 2.50. The molecular weight excluding hydrogens is 196 g/mol. The first kappa shape index (κ1) is 11.0. The monoisotopic (exact) mass is 222 g/mol. The van der Waals surface area contributed by atoms with Gasteiger partial charge in [-0.2, -0.15) is 0 Å². The molecule has 4 saturated carbocycles. The quantitative estimate of drug-likeness (QED) is 0.761. The van der Waals surface area contributed by atoms with Crippen LogP contribution in [0.15, 0.2) is 0 Å². The molecule has 0 aromatic carbocycles. The molecule has 2 nitrogen and oxygen atoms in total. The van der Waals surface area contributed by atoms with Crippen molar-refractivity contribution in [2.75, 3.05) is 13.6 Å². The maximum absolute atomic E-state index is 3.92. The molecule has 2 N–H and O–H groups in total. The van der Waals surface area contributed by atoms with Crippen molar-refractivity contribution in [3.05, 3.63) is 0 Å². The van der Waals surface area contributed by atoms with E-state index in [2.05, 4.69) is 24.6 Å². The van der Waals surface area contributed by atoms with Crippen molar-refractivity contribution in [2.24, 2.45) is 17.8 Å². The molecule has 2 heteroatoms. The van der Waals surface area contributed by atoms with Crippen molar-refractivity contribution in [3.63, 3.8) is 0 Å². The maximum Gasteiger partial charge on any atom is 0.0190 e. The van der Waals surface area contributed by atoms with E-state index in [1.165, 1.54) is 19.3 Å². The minimum Gasteiger partial charge on any atom is -0.316 e. The zero-order valence-corrected chi connectivity index (χ0v) is 10.8.